The molecular weight excluding hydrogens is 250 g/mol. The summed E-state index contributed by atoms with van der Waals surface area (Å²) in [7, 11) is 0. The van der Waals surface area contributed by atoms with Gasteiger partial charge in [0, 0.05) is 12.7 Å². The number of aromatic nitrogens is 4. The van der Waals surface area contributed by atoms with Crippen molar-refractivity contribution < 1.29 is 0 Å². The molecule has 0 aliphatic carbocycles. The molecule has 0 saturated carbocycles. The van der Waals surface area contributed by atoms with Gasteiger partial charge >= 0.3 is 0 Å². The van der Waals surface area contributed by atoms with Gasteiger partial charge in [-0.2, -0.15) is 0 Å². The Labute approximate surface area is 117 Å². The molecule has 0 atom stereocenters. The molecule has 102 valence electrons. The molecule has 5 heteroatoms. The van der Waals surface area contributed by atoms with Crippen molar-refractivity contribution in [3.05, 3.63) is 48.3 Å². The predicted molar refractivity (Wildman–Crippen MR) is 78.7 cm³/mol. The highest BCUT2D eigenvalue weighted by atomic mass is 15.4. The Kier molecular flexibility index (Phi) is 3.69. The highest BCUT2D eigenvalue weighted by Gasteiger charge is 2.09. The van der Waals surface area contributed by atoms with Crippen molar-refractivity contribution >= 4 is 11.0 Å². The fourth-order valence-corrected chi connectivity index (χ4v) is 2.20. The second-order valence-corrected chi connectivity index (χ2v) is 4.67. The molecule has 0 bridgehead atoms. The normalized spacial score (nSPS) is 11.1. The molecule has 1 N–H and O–H groups in total. The van der Waals surface area contributed by atoms with Gasteiger partial charge in [-0.25, -0.2) is 4.68 Å². The summed E-state index contributed by atoms with van der Waals surface area (Å²) in [4.78, 5) is 4.22. The Hall–Kier alpha value is -2.27. The third-order valence-corrected chi connectivity index (χ3v) is 3.21. The van der Waals surface area contributed by atoms with E-state index in [9.17, 15) is 0 Å². The van der Waals surface area contributed by atoms with Crippen LogP contribution in [0.15, 0.2) is 42.7 Å². The molecule has 0 spiro atoms. The number of hydrogen-bond acceptors (Lipinski definition) is 4. The molecule has 0 radical (unpaired) electrons. The number of para-hydroxylation sites is 1. The zero-order chi connectivity index (χ0) is 13.8. The summed E-state index contributed by atoms with van der Waals surface area (Å²) in [6.07, 6.45) is 4.77. The van der Waals surface area contributed by atoms with Gasteiger partial charge in [0.15, 0.2) is 0 Å². The van der Waals surface area contributed by atoms with Gasteiger partial charge < -0.3 is 5.32 Å². The summed E-state index contributed by atoms with van der Waals surface area (Å²) in [5, 5.41) is 11.9. The van der Waals surface area contributed by atoms with E-state index in [4.69, 9.17) is 0 Å². The quantitative estimate of drug-likeness (QED) is 0.721. The van der Waals surface area contributed by atoms with Crippen molar-refractivity contribution in [3.63, 3.8) is 0 Å². The van der Waals surface area contributed by atoms with E-state index in [0.29, 0.717) is 0 Å². The van der Waals surface area contributed by atoms with Gasteiger partial charge in [-0.3, -0.25) is 4.98 Å². The average Bonchev–Trinajstić information content (AvgIpc) is 2.92. The van der Waals surface area contributed by atoms with Crippen molar-refractivity contribution in [2.75, 3.05) is 6.54 Å². The van der Waals surface area contributed by atoms with E-state index in [1.165, 1.54) is 5.56 Å². The van der Waals surface area contributed by atoms with Crippen molar-refractivity contribution in [1.82, 2.24) is 25.3 Å². The fourth-order valence-electron chi connectivity index (χ4n) is 2.20. The van der Waals surface area contributed by atoms with Crippen LogP contribution >= 0.6 is 0 Å². The fraction of sp³-hybridized carbons (Fsp3) is 0.267. The first-order valence-electron chi connectivity index (χ1n) is 6.84. The van der Waals surface area contributed by atoms with Crippen LogP contribution in [0.1, 0.15) is 18.9 Å². The smallest absolute Gasteiger partial charge is 0.113 e. The maximum Gasteiger partial charge on any atom is 0.113 e. The van der Waals surface area contributed by atoms with Gasteiger partial charge in [0.1, 0.15) is 5.52 Å². The van der Waals surface area contributed by atoms with E-state index in [2.05, 4.69) is 27.5 Å². The number of hydrogen-bond donors (Lipinski definition) is 1. The van der Waals surface area contributed by atoms with Gasteiger partial charge in [-0.1, -0.05) is 24.3 Å². The average molecular weight is 267 g/mol. The maximum atomic E-state index is 4.25. The summed E-state index contributed by atoms with van der Waals surface area (Å²) in [5.41, 5.74) is 4.04. The van der Waals surface area contributed by atoms with Crippen LogP contribution in [0.4, 0.5) is 0 Å². The molecule has 0 amide bonds. The minimum Gasteiger partial charge on any atom is -0.313 e. The molecule has 0 fully saturated rings. The third kappa shape index (κ3) is 2.40. The Bertz CT molecular complexity index is 704. The minimum absolute atomic E-state index is 0.805. The molecule has 0 saturated heterocycles. The van der Waals surface area contributed by atoms with E-state index in [1.807, 2.05) is 47.4 Å². The van der Waals surface area contributed by atoms with E-state index in [1.54, 1.807) is 0 Å². The largest absolute Gasteiger partial charge is 0.313 e. The van der Waals surface area contributed by atoms with Crippen LogP contribution in [-0.2, 0) is 6.54 Å². The summed E-state index contributed by atoms with van der Waals surface area (Å²) >= 11 is 0. The third-order valence-electron chi connectivity index (χ3n) is 3.21. The summed E-state index contributed by atoms with van der Waals surface area (Å²) in [6, 6.07) is 9.96. The molecule has 0 aliphatic rings. The van der Waals surface area contributed by atoms with Crippen LogP contribution in [0.3, 0.4) is 0 Å². The van der Waals surface area contributed by atoms with Gasteiger partial charge in [-0.05, 0) is 36.7 Å². The molecule has 3 aromatic rings. The molecular formula is C15H17N5. The number of fused-ring (bicyclic) bond motifs is 1. The highest BCUT2D eigenvalue weighted by Crippen LogP contribution is 2.18. The lowest BCUT2D eigenvalue weighted by Gasteiger charge is -2.09. The molecule has 1 aromatic carbocycles. The van der Waals surface area contributed by atoms with E-state index in [0.717, 1.165) is 36.2 Å². The van der Waals surface area contributed by atoms with Crippen LogP contribution < -0.4 is 5.32 Å². The van der Waals surface area contributed by atoms with Gasteiger partial charge in [0.05, 0.1) is 17.4 Å². The van der Waals surface area contributed by atoms with Crippen molar-refractivity contribution in [3.8, 4) is 5.69 Å². The van der Waals surface area contributed by atoms with Crippen LogP contribution in [0.25, 0.3) is 16.7 Å². The first-order valence-corrected chi connectivity index (χ1v) is 6.84. The monoisotopic (exact) mass is 267 g/mol. The van der Waals surface area contributed by atoms with Crippen LogP contribution in [-0.4, -0.2) is 26.5 Å². The van der Waals surface area contributed by atoms with Gasteiger partial charge in [0.2, 0.25) is 0 Å². The molecule has 0 unspecified atom stereocenters. The lowest BCUT2D eigenvalue weighted by Crippen LogP contribution is -2.16. The minimum atomic E-state index is 0.805. The molecule has 2 aromatic heterocycles. The first kappa shape index (κ1) is 12.7. The number of benzene rings is 1. The van der Waals surface area contributed by atoms with Crippen molar-refractivity contribution in [1.29, 1.82) is 0 Å². The molecule has 2 heterocycles. The van der Waals surface area contributed by atoms with E-state index >= 15 is 0 Å². The van der Waals surface area contributed by atoms with Crippen LogP contribution in [0.2, 0.25) is 0 Å². The Morgan fingerprint density at radius 2 is 2.10 bits per heavy atom. The Morgan fingerprint density at radius 3 is 3.00 bits per heavy atom. The molecule has 20 heavy (non-hydrogen) atoms. The lowest BCUT2D eigenvalue weighted by atomic mass is 10.2. The van der Waals surface area contributed by atoms with E-state index in [-0.39, 0.29) is 0 Å². The maximum absolute atomic E-state index is 4.25. The van der Waals surface area contributed by atoms with Crippen molar-refractivity contribution in [2.45, 2.75) is 19.9 Å². The Balaban J connectivity index is 2.01. The number of nitrogens with one attached hydrogen (secondary N) is 1. The van der Waals surface area contributed by atoms with Crippen LogP contribution in [0, 0.1) is 0 Å². The standard InChI is InChI=1S/C15H17N5/c1-2-8-16-10-12-7-9-17-11-15(12)20-14-6-4-3-5-13(14)18-19-20/h3-7,9,11,16H,2,8,10H2,1H3. The molecule has 0 aliphatic heterocycles. The summed E-state index contributed by atoms with van der Waals surface area (Å²) in [6.45, 7) is 3.96. The second kappa shape index (κ2) is 5.79. The topological polar surface area (TPSA) is 55.6 Å². The lowest BCUT2D eigenvalue weighted by molar-refractivity contribution is 0.668. The number of nitrogens with zero attached hydrogens (tertiary/aromatic N) is 4. The second-order valence-electron chi connectivity index (χ2n) is 4.67. The zero-order valence-electron chi connectivity index (χ0n) is 11.5. The molecule has 3 rings (SSSR count). The van der Waals surface area contributed by atoms with Crippen LogP contribution in [0.5, 0.6) is 0 Å². The molecule has 5 nitrogen and oxygen atoms in total. The highest BCUT2D eigenvalue weighted by molar-refractivity contribution is 5.76. The van der Waals surface area contributed by atoms with Gasteiger partial charge in [-0.15, -0.1) is 5.10 Å². The first-order chi connectivity index (χ1) is 9.90. The Morgan fingerprint density at radius 1 is 1.20 bits per heavy atom. The summed E-state index contributed by atoms with van der Waals surface area (Å²) in [5.74, 6) is 0. The zero-order valence-corrected chi connectivity index (χ0v) is 11.5. The van der Waals surface area contributed by atoms with Crippen molar-refractivity contribution in [2.24, 2.45) is 0 Å². The predicted octanol–water partition coefficient (Wildman–Crippen LogP) is 2.32. The number of rotatable bonds is 5. The van der Waals surface area contributed by atoms with Gasteiger partial charge in [0.25, 0.3) is 0 Å². The number of pyridine rings is 1. The van der Waals surface area contributed by atoms with E-state index < -0.39 is 0 Å². The summed E-state index contributed by atoms with van der Waals surface area (Å²) < 4.78 is 1.85. The SMILES string of the molecule is CCCNCc1ccncc1-n1nnc2ccccc21.